The lowest BCUT2D eigenvalue weighted by molar-refractivity contribution is 0.554. The molecule has 0 spiro atoms. The fourth-order valence-corrected chi connectivity index (χ4v) is 3.79. The minimum atomic E-state index is -2.80. The Hall–Kier alpha value is -0.910. The van der Waals surface area contributed by atoms with Gasteiger partial charge in [-0.25, -0.2) is 8.42 Å². The molecule has 1 fully saturated rings. The lowest BCUT2D eigenvalue weighted by Crippen LogP contribution is -2.29. The Kier molecular flexibility index (Phi) is 3.81. The van der Waals surface area contributed by atoms with Crippen molar-refractivity contribution in [3.05, 3.63) is 35.4 Å². The van der Waals surface area contributed by atoms with E-state index >= 15 is 0 Å². The molecule has 5 heteroatoms. The third-order valence-corrected chi connectivity index (χ3v) is 4.82. The summed E-state index contributed by atoms with van der Waals surface area (Å²) in [6.45, 7) is 1.24. The average Bonchev–Trinajstić information content (AvgIpc) is 2.67. The van der Waals surface area contributed by atoms with Crippen LogP contribution >= 0.6 is 0 Å². The molecule has 1 heterocycles. The van der Waals surface area contributed by atoms with Crippen LogP contribution in [0.1, 0.15) is 17.5 Å². The van der Waals surface area contributed by atoms with Crippen molar-refractivity contribution in [1.82, 2.24) is 5.32 Å². The number of hydrogen-bond acceptors (Lipinski definition) is 4. The van der Waals surface area contributed by atoms with Crippen molar-refractivity contribution in [3.8, 4) is 0 Å². The van der Waals surface area contributed by atoms with E-state index in [4.69, 9.17) is 5.73 Å². The Morgan fingerprint density at radius 3 is 2.76 bits per heavy atom. The van der Waals surface area contributed by atoms with E-state index in [-0.39, 0.29) is 11.8 Å². The Bertz CT molecular complexity index is 485. The van der Waals surface area contributed by atoms with Gasteiger partial charge in [0.2, 0.25) is 0 Å². The average molecular weight is 254 g/mol. The summed E-state index contributed by atoms with van der Waals surface area (Å²) in [5.41, 5.74) is 7.82. The first kappa shape index (κ1) is 12.5. The number of hydrogen-bond donors (Lipinski definition) is 2. The number of rotatable bonds is 4. The zero-order valence-corrected chi connectivity index (χ0v) is 10.5. The van der Waals surface area contributed by atoms with Crippen LogP contribution in [0.15, 0.2) is 24.3 Å². The van der Waals surface area contributed by atoms with E-state index in [0.29, 0.717) is 18.8 Å². The summed E-state index contributed by atoms with van der Waals surface area (Å²) in [7, 11) is -2.80. The molecule has 0 aromatic heterocycles. The highest BCUT2D eigenvalue weighted by molar-refractivity contribution is 7.91. The van der Waals surface area contributed by atoms with Gasteiger partial charge < -0.3 is 11.1 Å². The highest BCUT2D eigenvalue weighted by Crippen LogP contribution is 2.12. The van der Waals surface area contributed by atoms with Crippen molar-refractivity contribution in [3.63, 3.8) is 0 Å². The van der Waals surface area contributed by atoms with Crippen LogP contribution in [0.4, 0.5) is 0 Å². The molecule has 0 radical (unpaired) electrons. The van der Waals surface area contributed by atoms with Gasteiger partial charge in [-0.3, -0.25) is 0 Å². The first-order valence-electron chi connectivity index (χ1n) is 5.81. The third-order valence-electron chi connectivity index (χ3n) is 3.05. The van der Waals surface area contributed by atoms with Crippen LogP contribution in [-0.2, 0) is 22.9 Å². The van der Waals surface area contributed by atoms with E-state index in [9.17, 15) is 8.42 Å². The molecule has 1 aliphatic heterocycles. The summed E-state index contributed by atoms with van der Waals surface area (Å²) < 4.78 is 22.6. The molecule has 2 rings (SSSR count). The summed E-state index contributed by atoms with van der Waals surface area (Å²) in [6.07, 6.45) is 0.721. The molecular weight excluding hydrogens is 236 g/mol. The van der Waals surface area contributed by atoms with Gasteiger partial charge in [-0.1, -0.05) is 24.3 Å². The molecule has 4 nitrogen and oxygen atoms in total. The van der Waals surface area contributed by atoms with Crippen molar-refractivity contribution in [2.45, 2.75) is 25.6 Å². The predicted octanol–water partition coefficient (Wildman–Crippen LogP) is 0.422. The van der Waals surface area contributed by atoms with Gasteiger partial charge in [0.15, 0.2) is 9.84 Å². The molecule has 94 valence electrons. The predicted molar refractivity (Wildman–Crippen MR) is 68.2 cm³/mol. The van der Waals surface area contributed by atoms with Crippen LogP contribution in [0.5, 0.6) is 0 Å². The molecule has 1 aromatic rings. The lowest BCUT2D eigenvalue weighted by Gasteiger charge is -2.11. The largest absolute Gasteiger partial charge is 0.326 e. The highest BCUT2D eigenvalue weighted by Gasteiger charge is 2.27. The molecule has 1 aliphatic rings. The summed E-state index contributed by atoms with van der Waals surface area (Å²) in [5, 5.41) is 3.28. The van der Waals surface area contributed by atoms with Gasteiger partial charge in [-0.05, 0) is 17.5 Å². The van der Waals surface area contributed by atoms with Gasteiger partial charge in [0.25, 0.3) is 0 Å². The smallest absolute Gasteiger partial charge is 0.151 e. The van der Waals surface area contributed by atoms with E-state index < -0.39 is 9.84 Å². The number of nitrogens with two attached hydrogens (primary N) is 1. The zero-order valence-electron chi connectivity index (χ0n) is 9.72. The topological polar surface area (TPSA) is 72.2 Å². The molecule has 0 saturated carbocycles. The normalized spacial score (nSPS) is 22.8. The van der Waals surface area contributed by atoms with Crippen LogP contribution in [0.3, 0.4) is 0 Å². The Labute approximate surface area is 102 Å². The van der Waals surface area contributed by atoms with Gasteiger partial charge in [-0.2, -0.15) is 0 Å². The van der Waals surface area contributed by atoms with Gasteiger partial charge in [0, 0.05) is 19.1 Å². The number of sulfone groups is 1. The van der Waals surface area contributed by atoms with Crippen molar-refractivity contribution in [2.24, 2.45) is 5.73 Å². The number of benzene rings is 1. The maximum absolute atomic E-state index is 11.3. The lowest BCUT2D eigenvalue weighted by atomic mass is 10.1. The van der Waals surface area contributed by atoms with Crippen LogP contribution in [-0.4, -0.2) is 26.0 Å². The molecule has 1 saturated heterocycles. The highest BCUT2D eigenvalue weighted by atomic mass is 32.2. The Morgan fingerprint density at radius 2 is 2.12 bits per heavy atom. The Morgan fingerprint density at radius 1 is 1.35 bits per heavy atom. The van der Waals surface area contributed by atoms with Gasteiger partial charge >= 0.3 is 0 Å². The van der Waals surface area contributed by atoms with Crippen molar-refractivity contribution >= 4 is 9.84 Å². The van der Waals surface area contributed by atoms with E-state index in [1.807, 2.05) is 18.2 Å². The molecule has 1 aromatic carbocycles. The minimum absolute atomic E-state index is 0.0986. The Balaban J connectivity index is 1.90. The van der Waals surface area contributed by atoms with Crippen LogP contribution in [0.25, 0.3) is 0 Å². The fraction of sp³-hybridized carbons (Fsp3) is 0.500. The maximum atomic E-state index is 11.3. The van der Waals surface area contributed by atoms with Crippen molar-refractivity contribution in [2.75, 3.05) is 11.5 Å². The summed E-state index contributed by atoms with van der Waals surface area (Å²) in [6, 6.07) is 8.14. The third kappa shape index (κ3) is 3.52. The first-order valence-corrected chi connectivity index (χ1v) is 7.63. The van der Waals surface area contributed by atoms with Crippen molar-refractivity contribution in [1.29, 1.82) is 0 Å². The summed E-state index contributed by atoms with van der Waals surface area (Å²) in [4.78, 5) is 0. The van der Waals surface area contributed by atoms with Gasteiger partial charge in [-0.15, -0.1) is 0 Å². The van der Waals surface area contributed by atoms with E-state index in [1.54, 1.807) is 0 Å². The second-order valence-electron chi connectivity index (χ2n) is 4.50. The first-order chi connectivity index (χ1) is 8.09. The van der Waals surface area contributed by atoms with Crippen LogP contribution < -0.4 is 11.1 Å². The minimum Gasteiger partial charge on any atom is -0.326 e. The monoisotopic (exact) mass is 254 g/mol. The second kappa shape index (κ2) is 5.16. The number of nitrogens with one attached hydrogen (secondary N) is 1. The summed E-state index contributed by atoms with van der Waals surface area (Å²) in [5.74, 6) is 0.580. The maximum Gasteiger partial charge on any atom is 0.151 e. The molecule has 1 atom stereocenters. The second-order valence-corrected chi connectivity index (χ2v) is 6.73. The molecule has 1 unspecified atom stereocenters. The van der Waals surface area contributed by atoms with E-state index in [2.05, 4.69) is 11.4 Å². The van der Waals surface area contributed by atoms with Crippen LogP contribution in [0, 0.1) is 0 Å². The quantitative estimate of drug-likeness (QED) is 0.817. The van der Waals surface area contributed by atoms with Gasteiger partial charge in [0.05, 0.1) is 11.5 Å². The summed E-state index contributed by atoms with van der Waals surface area (Å²) >= 11 is 0. The molecule has 3 N–H and O–H groups in total. The van der Waals surface area contributed by atoms with E-state index in [0.717, 1.165) is 17.5 Å². The van der Waals surface area contributed by atoms with E-state index in [1.165, 1.54) is 0 Å². The molecule has 0 amide bonds. The zero-order chi connectivity index (χ0) is 12.3. The molecule has 0 bridgehead atoms. The molecular formula is C12H18N2O2S. The van der Waals surface area contributed by atoms with Crippen molar-refractivity contribution < 1.29 is 8.42 Å². The van der Waals surface area contributed by atoms with Gasteiger partial charge in [0.1, 0.15) is 0 Å². The standard InChI is InChI=1S/C12H18N2O2S/c13-7-10-2-1-3-11(6-10)8-14-12-4-5-17(15,16)9-12/h1-3,6,12,14H,4-5,7-9,13H2. The molecule has 0 aliphatic carbocycles. The SMILES string of the molecule is NCc1cccc(CNC2CCS(=O)(=O)C2)c1. The molecule has 17 heavy (non-hydrogen) atoms. The fourth-order valence-electron chi connectivity index (χ4n) is 2.08. The van der Waals surface area contributed by atoms with Crippen LogP contribution in [0.2, 0.25) is 0 Å².